The first-order valence-corrected chi connectivity index (χ1v) is 11.3. The first-order valence-electron chi connectivity index (χ1n) is 10.5. The average Bonchev–Trinajstić information content (AvgIpc) is 3.45. The molecule has 5 aromatic rings. The maximum absolute atomic E-state index is 10.4. The van der Waals surface area contributed by atoms with Gasteiger partial charge in [0.1, 0.15) is 11.9 Å². The van der Waals surface area contributed by atoms with Crippen molar-refractivity contribution in [2.24, 2.45) is 5.92 Å². The van der Waals surface area contributed by atoms with Gasteiger partial charge in [-0.05, 0) is 24.5 Å². The molecule has 6 nitrogen and oxygen atoms in total. The molecule has 1 saturated carbocycles. The van der Waals surface area contributed by atoms with Crippen LogP contribution in [0.25, 0.3) is 37.1 Å². The number of fused-ring (bicyclic) bond motifs is 4. The van der Waals surface area contributed by atoms with Gasteiger partial charge in [0.05, 0.1) is 17.8 Å². The van der Waals surface area contributed by atoms with Crippen LogP contribution >= 0.6 is 11.3 Å². The Bertz CT molecular complexity index is 1430. The summed E-state index contributed by atoms with van der Waals surface area (Å²) < 4.78 is 4.26. The Morgan fingerprint density at radius 3 is 2.71 bits per heavy atom. The molecule has 7 heteroatoms. The number of rotatable bonds is 3. The lowest BCUT2D eigenvalue weighted by Crippen LogP contribution is -2.35. The summed E-state index contributed by atoms with van der Waals surface area (Å²) >= 11 is 1.78. The lowest BCUT2D eigenvalue weighted by Gasteiger charge is -2.19. The van der Waals surface area contributed by atoms with Gasteiger partial charge in [0, 0.05) is 38.0 Å². The van der Waals surface area contributed by atoms with Gasteiger partial charge in [-0.2, -0.15) is 9.61 Å². The molecule has 31 heavy (non-hydrogen) atoms. The van der Waals surface area contributed by atoms with Crippen molar-refractivity contribution in [2.45, 2.75) is 31.6 Å². The van der Waals surface area contributed by atoms with Gasteiger partial charge in [-0.1, -0.05) is 43.3 Å². The first-order chi connectivity index (χ1) is 15.1. The number of aliphatic hydroxyl groups excluding tert-OH is 2. The topological polar surface area (TPSA) is 82.7 Å². The average molecular weight is 431 g/mol. The third-order valence-electron chi connectivity index (χ3n) is 6.34. The number of hydrogen-bond acceptors (Lipinski definition) is 6. The van der Waals surface area contributed by atoms with Gasteiger partial charge in [0.2, 0.25) is 0 Å². The molecule has 1 fully saturated rings. The smallest absolute Gasteiger partial charge is 0.157 e. The zero-order chi connectivity index (χ0) is 21.1. The quantitative estimate of drug-likeness (QED) is 0.397. The molecule has 0 unspecified atom stereocenters. The summed E-state index contributed by atoms with van der Waals surface area (Å²) in [6, 6.07) is 18.4. The van der Waals surface area contributed by atoms with Crippen LogP contribution in [0.4, 0.5) is 5.82 Å². The molecule has 2 aromatic carbocycles. The van der Waals surface area contributed by atoms with Gasteiger partial charge >= 0.3 is 0 Å². The standard InChI is InChI=1S/C24H22N4O2S/c1-13-11-18(23(30)22(13)29)26-20-9-10-25-21-12-17(27-28(20)21)16-7-4-6-15-14-5-2-3-8-19(14)31-24(15)16/h2-10,12-13,18,22-23,26,29-30H,11H2,1H3/t13-,18-,22-,23+/m1/s1. The minimum absolute atomic E-state index is 0.0450. The summed E-state index contributed by atoms with van der Waals surface area (Å²) in [5.74, 6) is 0.800. The Labute approximate surface area is 182 Å². The second-order valence-corrected chi connectivity index (χ2v) is 9.41. The Balaban J connectivity index is 1.45. The van der Waals surface area contributed by atoms with Crippen molar-refractivity contribution in [3.05, 3.63) is 60.8 Å². The van der Waals surface area contributed by atoms with E-state index in [0.717, 1.165) is 22.7 Å². The molecule has 156 valence electrons. The molecule has 6 rings (SSSR count). The summed E-state index contributed by atoms with van der Waals surface area (Å²) in [6.07, 6.45) is 0.917. The van der Waals surface area contributed by atoms with Crippen molar-refractivity contribution in [2.75, 3.05) is 5.32 Å². The highest BCUT2D eigenvalue weighted by Gasteiger charge is 2.39. The first kappa shape index (κ1) is 18.7. The van der Waals surface area contributed by atoms with Crippen molar-refractivity contribution in [3.8, 4) is 11.3 Å². The van der Waals surface area contributed by atoms with E-state index in [1.54, 1.807) is 22.0 Å². The van der Waals surface area contributed by atoms with E-state index in [2.05, 4.69) is 52.8 Å². The van der Waals surface area contributed by atoms with Crippen LogP contribution in [-0.4, -0.2) is 43.1 Å². The third-order valence-corrected chi connectivity index (χ3v) is 7.56. The molecule has 3 aromatic heterocycles. The van der Waals surface area contributed by atoms with E-state index in [1.165, 1.54) is 20.2 Å². The number of hydrogen-bond donors (Lipinski definition) is 3. The predicted octanol–water partition coefficient (Wildman–Crippen LogP) is 4.31. The molecule has 1 aliphatic rings. The van der Waals surface area contributed by atoms with E-state index in [9.17, 15) is 10.2 Å². The molecular formula is C24H22N4O2S. The van der Waals surface area contributed by atoms with E-state index < -0.39 is 12.2 Å². The number of benzene rings is 2. The summed E-state index contributed by atoms with van der Waals surface area (Å²) in [5.41, 5.74) is 2.68. The third kappa shape index (κ3) is 2.92. The highest BCUT2D eigenvalue weighted by molar-refractivity contribution is 7.26. The second kappa shape index (κ2) is 7.02. The van der Waals surface area contributed by atoms with Gasteiger partial charge in [-0.3, -0.25) is 0 Å². The Hall–Kier alpha value is -3.00. The van der Waals surface area contributed by atoms with Gasteiger partial charge in [0.15, 0.2) is 5.65 Å². The van der Waals surface area contributed by atoms with Crippen LogP contribution in [0.3, 0.4) is 0 Å². The molecule has 3 N–H and O–H groups in total. The molecule has 1 aliphatic carbocycles. The molecule has 0 saturated heterocycles. The molecular weight excluding hydrogens is 408 g/mol. The Morgan fingerprint density at radius 1 is 1.03 bits per heavy atom. The van der Waals surface area contributed by atoms with Crippen LogP contribution in [0.2, 0.25) is 0 Å². The van der Waals surface area contributed by atoms with Crippen LogP contribution < -0.4 is 5.32 Å². The normalized spacial score (nSPS) is 23.8. The Kier molecular flexibility index (Phi) is 4.24. The number of anilines is 1. The zero-order valence-corrected chi connectivity index (χ0v) is 17.8. The summed E-state index contributed by atoms with van der Waals surface area (Å²) in [6.45, 7) is 1.95. The predicted molar refractivity (Wildman–Crippen MR) is 125 cm³/mol. The van der Waals surface area contributed by atoms with Crippen molar-refractivity contribution in [1.29, 1.82) is 0 Å². The summed E-state index contributed by atoms with van der Waals surface area (Å²) in [4.78, 5) is 4.49. The van der Waals surface area contributed by atoms with E-state index in [1.807, 2.05) is 19.1 Å². The molecule has 0 bridgehead atoms. The van der Waals surface area contributed by atoms with E-state index in [4.69, 9.17) is 5.10 Å². The van der Waals surface area contributed by atoms with Gasteiger partial charge in [0.25, 0.3) is 0 Å². The lowest BCUT2D eigenvalue weighted by atomic mass is 10.1. The lowest BCUT2D eigenvalue weighted by molar-refractivity contribution is 0.0210. The van der Waals surface area contributed by atoms with Crippen molar-refractivity contribution in [1.82, 2.24) is 14.6 Å². The molecule has 4 atom stereocenters. The summed E-state index contributed by atoms with van der Waals surface area (Å²) in [7, 11) is 0. The molecule has 0 radical (unpaired) electrons. The van der Waals surface area contributed by atoms with Crippen LogP contribution in [-0.2, 0) is 0 Å². The number of nitrogens with zero attached hydrogens (tertiary/aromatic N) is 3. The fraction of sp³-hybridized carbons (Fsp3) is 0.250. The maximum Gasteiger partial charge on any atom is 0.157 e. The molecule has 0 aliphatic heterocycles. The van der Waals surface area contributed by atoms with E-state index >= 15 is 0 Å². The largest absolute Gasteiger partial charge is 0.390 e. The van der Waals surface area contributed by atoms with Crippen molar-refractivity contribution >= 4 is 43.0 Å². The minimum atomic E-state index is -0.805. The number of nitrogens with one attached hydrogen (secondary N) is 1. The number of aromatic nitrogens is 3. The van der Waals surface area contributed by atoms with Crippen LogP contribution in [0.5, 0.6) is 0 Å². The van der Waals surface area contributed by atoms with Crippen LogP contribution in [0.1, 0.15) is 13.3 Å². The van der Waals surface area contributed by atoms with Gasteiger partial charge in [-0.25, -0.2) is 4.98 Å². The fourth-order valence-electron chi connectivity index (χ4n) is 4.67. The number of aliphatic hydroxyl groups is 2. The molecule has 3 heterocycles. The maximum atomic E-state index is 10.4. The van der Waals surface area contributed by atoms with Crippen molar-refractivity contribution < 1.29 is 10.2 Å². The van der Waals surface area contributed by atoms with E-state index in [0.29, 0.717) is 6.42 Å². The van der Waals surface area contributed by atoms with Crippen LogP contribution in [0.15, 0.2) is 60.8 Å². The fourth-order valence-corrected chi connectivity index (χ4v) is 5.90. The molecule has 0 spiro atoms. The second-order valence-electron chi connectivity index (χ2n) is 8.36. The van der Waals surface area contributed by atoms with Crippen LogP contribution in [0, 0.1) is 5.92 Å². The van der Waals surface area contributed by atoms with Gasteiger partial charge in [-0.15, -0.1) is 11.3 Å². The number of thiophene rings is 1. The summed E-state index contributed by atoms with van der Waals surface area (Å²) in [5, 5.41) is 31.2. The van der Waals surface area contributed by atoms with Gasteiger partial charge < -0.3 is 15.5 Å². The highest BCUT2D eigenvalue weighted by Crippen LogP contribution is 2.39. The van der Waals surface area contributed by atoms with E-state index in [-0.39, 0.29) is 12.0 Å². The monoisotopic (exact) mass is 430 g/mol. The minimum Gasteiger partial charge on any atom is -0.390 e. The van der Waals surface area contributed by atoms with Crippen molar-refractivity contribution in [3.63, 3.8) is 0 Å². The highest BCUT2D eigenvalue weighted by atomic mass is 32.1. The zero-order valence-electron chi connectivity index (χ0n) is 16.9. The molecule has 0 amide bonds. The SMILES string of the molecule is C[C@@H]1C[C@@H](Nc2ccnc3cc(-c4cccc5c4sc4ccccc45)nn23)[C@H](O)[C@@H]1O. The Morgan fingerprint density at radius 2 is 1.87 bits per heavy atom.